The molecule has 0 spiro atoms. The van der Waals surface area contributed by atoms with Crippen molar-refractivity contribution >= 4 is 11.3 Å². The molecular formula is C14H16FNOS. The first-order valence-electron chi connectivity index (χ1n) is 5.82. The van der Waals surface area contributed by atoms with Crippen LogP contribution < -0.4 is 0 Å². The molecule has 1 aromatic carbocycles. The summed E-state index contributed by atoms with van der Waals surface area (Å²) in [6.45, 7) is 3.72. The van der Waals surface area contributed by atoms with E-state index >= 15 is 0 Å². The molecular weight excluding hydrogens is 249 g/mol. The number of halogens is 1. The average molecular weight is 265 g/mol. The van der Waals surface area contributed by atoms with E-state index in [9.17, 15) is 9.50 Å². The van der Waals surface area contributed by atoms with E-state index in [0.717, 1.165) is 16.3 Å². The molecule has 1 N–H and O–H groups in total. The third kappa shape index (κ3) is 3.62. The molecule has 1 aromatic heterocycles. The molecule has 18 heavy (non-hydrogen) atoms. The smallest absolute Gasteiger partial charge is 0.123 e. The van der Waals surface area contributed by atoms with Gasteiger partial charge in [-0.15, -0.1) is 11.3 Å². The van der Waals surface area contributed by atoms with Crippen LogP contribution in [0.4, 0.5) is 4.39 Å². The van der Waals surface area contributed by atoms with Gasteiger partial charge in [0.05, 0.1) is 10.6 Å². The predicted molar refractivity (Wildman–Crippen MR) is 71.3 cm³/mol. The van der Waals surface area contributed by atoms with E-state index < -0.39 is 5.60 Å². The monoisotopic (exact) mass is 265 g/mol. The summed E-state index contributed by atoms with van der Waals surface area (Å²) in [5.74, 6) is -0.256. The number of thiazole rings is 1. The number of hydrogen-bond donors (Lipinski definition) is 1. The largest absolute Gasteiger partial charge is 0.389 e. The lowest BCUT2D eigenvalue weighted by molar-refractivity contribution is 0.0607. The fourth-order valence-corrected chi connectivity index (χ4v) is 2.86. The molecule has 2 nitrogen and oxygen atoms in total. The van der Waals surface area contributed by atoms with Crippen molar-refractivity contribution in [1.29, 1.82) is 0 Å². The van der Waals surface area contributed by atoms with Gasteiger partial charge in [0.1, 0.15) is 5.82 Å². The van der Waals surface area contributed by atoms with Crippen LogP contribution in [0.1, 0.15) is 23.2 Å². The maximum Gasteiger partial charge on any atom is 0.123 e. The molecule has 1 heterocycles. The van der Waals surface area contributed by atoms with Crippen LogP contribution in [-0.2, 0) is 12.8 Å². The molecule has 2 rings (SSSR count). The van der Waals surface area contributed by atoms with Gasteiger partial charge in [-0.3, -0.25) is 0 Å². The Morgan fingerprint density at radius 3 is 2.50 bits per heavy atom. The molecule has 1 unspecified atom stereocenters. The Hall–Kier alpha value is -1.26. The Morgan fingerprint density at radius 2 is 1.94 bits per heavy atom. The zero-order valence-corrected chi connectivity index (χ0v) is 11.3. The van der Waals surface area contributed by atoms with Crippen LogP contribution in [0.25, 0.3) is 0 Å². The molecule has 0 bridgehead atoms. The molecule has 1 atom stereocenters. The van der Waals surface area contributed by atoms with Crippen molar-refractivity contribution in [2.75, 3.05) is 0 Å². The standard InChI is InChI=1S/C14H16FNOS/c1-10-9-18-13(16-10)8-14(2,17)7-11-3-5-12(15)6-4-11/h3-6,9,17H,7-8H2,1-2H3. The van der Waals surface area contributed by atoms with Crippen LogP contribution in [0.5, 0.6) is 0 Å². The summed E-state index contributed by atoms with van der Waals surface area (Å²) in [6.07, 6.45) is 1.01. The van der Waals surface area contributed by atoms with E-state index in [1.54, 1.807) is 30.4 Å². The van der Waals surface area contributed by atoms with Gasteiger partial charge in [0.15, 0.2) is 0 Å². The minimum atomic E-state index is -0.859. The Kier molecular flexibility index (Phi) is 3.78. The van der Waals surface area contributed by atoms with Crippen molar-refractivity contribution in [3.05, 3.63) is 51.7 Å². The molecule has 0 aliphatic carbocycles. The number of benzene rings is 1. The van der Waals surface area contributed by atoms with Gasteiger partial charge in [0.2, 0.25) is 0 Å². The highest BCUT2D eigenvalue weighted by atomic mass is 32.1. The van der Waals surface area contributed by atoms with Gasteiger partial charge in [-0.2, -0.15) is 0 Å². The van der Waals surface area contributed by atoms with Crippen LogP contribution in [0.2, 0.25) is 0 Å². The zero-order chi connectivity index (χ0) is 13.2. The van der Waals surface area contributed by atoms with Gasteiger partial charge in [0, 0.05) is 23.9 Å². The summed E-state index contributed by atoms with van der Waals surface area (Å²) in [5, 5.41) is 13.3. The van der Waals surface area contributed by atoms with E-state index in [-0.39, 0.29) is 5.82 Å². The maximum absolute atomic E-state index is 12.8. The average Bonchev–Trinajstić information content (AvgIpc) is 2.66. The maximum atomic E-state index is 12.8. The Bertz CT molecular complexity index is 519. The second-order valence-electron chi connectivity index (χ2n) is 4.86. The number of hydrogen-bond acceptors (Lipinski definition) is 3. The molecule has 0 aliphatic heterocycles. The van der Waals surface area contributed by atoms with Crippen LogP contribution in [-0.4, -0.2) is 15.7 Å². The molecule has 0 saturated carbocycles. The van der Waals surface area contributed by atoms with Crippen molar-refractivity contribution in [3.8, 4) is 0 Å². The van der Waals surface area contributed by atoms with Crippen molar-refractivity contribution in [2.45, 2.75) is 32.3 Å². The molecule has 0 saturated heterocycles. The van der Waals surface area contributed by atoms with Crippen molar-refractivity contribution < 1.29 is 9.50 Å². The van der Waals surface area contributed by atoms with Crippen molar-refractivity contribution in [2.24, 2.45) is 0 Å². The third-order valence-electron chi connectivity index (χ3n) is 2.70. The topological polar surface area (TPSA) is 33.1 Å². The minimum Gasteiger partial charge on any atom is -0.389 e. The third-order valence-corrected chi connectivity index (χ3v) is 3.66. The lowest BCUT2D eigenvalue weighted by atomic mass is 9.93. The van der Waals surface area contributed by atoms with Gasteiger partial charge in [-0.1, -0.05) is 12.1 Å². The first kappa shape index (κ1) is 13.2. The van der Waals surface area contributed by atoms with E-state index in [1.807, 2.05) is 12.3 Å². The van der Waals surface area contributed by atoms with Crippen LogP contribution in [0.3, 0.4) is 0 Å². The molecule has 96 valence electrons. The van der Waals surface area contributed by atoms with E-state index in [0.29, 0.717) is 12.8 Å². The van der Waals surface area contributed by atoms with Crippen molar-refractivity contribution in [3.63, 3.8) is 0 Å². The quantitative estimate of drug-likeness (QED) is 0.921. The fraction of sp³-hybridized carbons (Fsp3) is 0.357. The lowest BCUT2D eigenvalue weighted by Gasteiger charge is -2.22. The predicted octanol–water partition coefficient (Wildman–Crippen LogP) is 3.13. The summed E-state index contributed by atoms with van der Waals surface area (Å²) in [4.78, 5) is 4.35. The van der Waals surface area contributed by atoms with Gasteiger partial charge in [-0.05, 0) is 31.5 Å². The number of aryl methyl sites for hydroxylation is 1. The number of aliphatic hydroxyl groups is 1. The highest BCUT2D eigenvalue weighted by Crippen LogP contribution is 2.21. The summed E-state index contributed by atoms with van der Waals surface area (Å²) >= 11 is 1.56. The molecule has 4 heteroatoms. The zero-order valence-electron chi connectivity index (χ0n) is 10.5. The highest BCUT2D eigenvalue weighted by Gasteiger charge is 2.23. The summed E-state index contributed by atoms with van der Waals surface area (Å²) in [5.41, 5.74) is 1.05. The van der Waals surface area contributed by atoms with Gasteiger partial charge >= 0.3 is 0 Å². The molecule has 0 fully saturated rings. The van der Waals surface area contributed by atoms with E-state index in [1.165, 1.54) is 12.1 Å². The number of aromatic nitrogens is 1. The van der Waals surface area contributed by atoms with Crippen molar-refractivity contribution in [1.82, 2.24) is 4.98 Å². The minimum absolute atomic E-state index is 0.256. The summed E-state index contributed by atoms with van der Waals surface area (Å²) in [6, 6.07) is 6.24. The SMILES string of the molecule is Cc1csc(CC(C)(O)Cc2ccc(F)cc2)n1. The lowest BCUT2D eigenvalue weighted by Crippen LogP contribution is -2.30. The molecule has 0 aliphatic rings. The van der Waals surface area contributed by atoms with Gasteiger partial charge in [0.25, 0.3) is 0 Å². The number of nitrogens with zero attached hydrogens (tertiary/aromatic N) is 1. The summed E-state index contributed by atoms with van der Waals surface area (Å²) in [7, 11) is 0. The molecule has 0 radical (unpaired) electrons. The number of rotatable bonds is 4. The Morgan fingerprint density at radius 1 is 1.28 bits per heavy atom. The van der Waals surface area contributed by atoms with Crippen LogP contribution in [0, 0.1) is 12.7 Å². The highest BCUT2D eigenvalue weighted by molar-refractivity contribution is 7.09. The van der Waals surface area contributed by atoms with E-state index in [2.05, 4.69) is 4.98 Å². The molecule has 2 aromatic rings. The Labute approximate surface area is 110 Å². The fourth-order valence-electron chi connectivity index (χ4n) is 1.91. The first-order valence-corrected chi connectivity index (χ1v) is 6.70. The Balaban J connectivity index is 2.04. The van der Waals surface area contributed by atoms with Crippen LogP contribution >= 0.6 is 11.3 Å². The van der Waals surface area contributed by atoms with Gasteiger partial charge < -0.3 is 5.11 Å². The molecule has 0 amide bonds. The second-order valence-corrected chi connectivity index (χ2v) is 5.80. The van der Waals surface area contributed by atoms with E-state index in [4.69, 9.17) is 0 Å². The van der Waals surface area contributed by atoms with Crippen LogP contribution in [0.15, 0.2) is 29.6 Å². The summed E-state index contributed by atoms with van der Waals surface area (Å²) < 4.78 is 12.8. The normalized spacial score (nSPS) is 14.4. The van der Waals surface area contributed by atoms with Gasteiger partial charge in [-0.25, -0.2) is 9.37 Å². The first-order chi connectivity index (χ1) is 8.44. The second kappa shape index (κ2) is 5.16.